The standard InChI is InChI=1S/C13H19ClN6O2S/c1-9-11(12(14)19(3)17-9)23(21,22)20-7-6-18(2)10(8-20)13-15-4-5-16-13/h4-5,10H,6-8H2,1-3H3,(H,15,16). The van der Waals surface area contributed by atoms with Crippen molar-refractivity contribution < 1.29 is 8.42 Å². The van der Waals surface area contributed by atoms with Gasteiger partial charge in [-0.25, -0.2) is 13.4 Å². The van der Waals surface area contributed by atoms with Gasteiger partial charge in [-0.15, -0.1) is 0 Å². The van der Waals surface area contributed by atoms with Crippen molar-refractivity contribution in [2.75, 3.05) is 26.7 Å². The van der Waals surface area contributed by atoms with Crippen LogP contribution in [0, 0.1) is 6.92 Å². The zero-order valence-electron chi connectivity index (χ0n) is 13.2. The van der Waals surface area contributed by atoms with E-state index in [0.29, 0.717) is 25.3 Å². The number of halogens is 1. The molecular formula is C13H19ClN6O2S. The lowest BCUT2D eigenvalue weighted by Gasteiger charge is -2.37. The van der Waals surface area contributed by atoms with Gasteiger partial charge in [0.25, 0.3) is 0 Å². The van der Waals surface area contributed by atoms with Crippen LogP contribution in [-0.2, 0) is 17.1 Å². The first-order valence-electron chi connectivity index (χ1n) is 7.21. The quantitative estimate of drug-likeness (QED) is 0.876. The molecule has 0 amide bonds. The number of H-pyrrole nitrogens is 1. The van der Waals surface area contributed by atoms with Gasteiger partial charge in [0.15, 0.2) is 0 Å². The van der Waals surface area contributed by atoms with Gasteiger partial charge in [-0.1, -0.05) is 11.6 Å². The van der Waals surface area contributed by atoms with Gasteiger partial charge < -0.3 is 4.98 Å². The molecule has 2 aromatic rings. The van der Waals surface area contributed by atoms with Crippen molar-refractivity contribution in [1.82, 2.24) is 29.0 Å². The van der Waals surface area contributed by atoms with Gasteiger partial charge in [0.1, 0.15) is 15.9 Å². The average molecular weight is 359 g/mol. The van der Waals surface area contributed by atoms with Crippen LogP contribution in [0.2, 0.25) is 5.15 Å². The Kier molecular flexibility index (Phi) is 4.21. The maximum absolute atomic E-state index is 13.0. The third-order valence-corrected chi connectivity index (χ3v) is 6.71. The van der Waals surface area contributed by atoms with Gasteiger partial charge in [0.2, 0.25) is 10.0 Å². The van der Waals surface area contributed by atoms with Gasteiger partial charge in [0.05, 0.1) is 11.7 Å². The first kappa shape index (κ1) is 16.4. The van der Waals surface area contributed by atoms with E-state index in [0.717, 1.165) is 5.82 Å². The van der Waals surface area contributed by atoms with E-state index in [4.69, 9.17) is 11.6 Å². The topological polar surface area (TPSA) is 87.1 Å². The first-order chi connectivity index (χ1) is 10.8. The van der Waals surface area contributed by atoms with Crippen LogP contribution in [-0.4, -0.2) is 64.1 Å². The molecule has 0 spiro atoms. The van der Waals surface area contributed by atoms with E-state index < -0.39 is 10.0 Å². The number of sulfonamides is 1. The Morgan fingerprint density at radius 2 is 2.09 bits per heavy atom. The summed E-state index contributed by atoms with van der Waals surface area (Å²) in [6, 6.07) is -0.121. The number of aryl methyl sites for hydroxylation is 2. The van der Waals surface area contributed by atoms with Crippen molar-refractivity contribution in [3.8, 4) is 0 Å². The fraction of sp³-hybridized carbons (Fsp3) is 0.538. The number of nitrogens with one attached hydrogen (secondary N) is 1. The van der Waals surface area contributed by atoms with Crippen LogP contribution in [0.1, 0.15) is 17.6 Å². The van der Waals surface area contributed by atoms with Gasteiger partial charge in [-0.2, -0.15) is 9.40 Å². The third-order valence-electron chi connectivity index (χ3n) is 4.14. The molecule has 1 aliphatic heterocycles. The van der Waals surface area contributed by atoms with Crippen LogP contribution in [0.15, 0.2) is 17.3 Å². The Bertz CT molecular complexity index is 801. The zero-order chi connectivity index (χ0) is 16.8. The van der Waals surface area contributed by atoms with E-state index >= 15 is 0 Å². The molecule has 0 bridgehead atoms. The molecule has 3 rings (SSSR count). The number of hydrogen-bond donors (Lipinski definition) is 1. The number of likely N-dealkylation sites (N-methyl/N-ethyl adjacent to an activating group) is 1. The van der Waals surface area contributed by atoms with E-state index in [1.54, 1.807) is 26.4 Å². The monoisotopic (exact) mass is 358 g/mol. The highest BCUT2D eigenvalue weighted by molar-refractivity contribution is 7.89. The lowest BCUT2D eigenvalue weighted by atomic mass is 10.2. The first-order valence-corrected chi connectivity index (χ1v) is 9.03. The second-order valence-corrected chi connectivity index (χ2v) is 7.90. The van der Waals surface area contributed by atoms with Gasteiger partial charge in [-0.3, -0.25) is 9.58 Å². The summed E-state index contributed by atoms with van der Waals surface area (Å²) in [7, 11) is -0.113. The van der Waals surface area contributed by atoms with Crippen LogP contribution < -0.4 is 0 Å². The van der Waals surface area contributed by atoms with E-state index in [2.05, 4.69) is 20.0 Å². The van der Waals surface area contributed by atoms with Crippen LogP contribution in [0.3, 0.4) is 0 Å². The lowest BCUT2D eigenvalue weighted by Crippen LogP contribution is -2.49. The predicted molar refractivity (Wildman–Crippen MR) is 85.7 cm³/mol. The smallest absolute Gasteiger partial charge is 0.248 e. The molecule has 0 aliphatic carbocycles. The molecular weight excluding hydrogens is 340 g/mol. The van der Waals surface area contributed by atoms with Crippen molar-refractivity contribution in [3.63, 3.8) is 0 Å². The van der Waals surface area contributed by atoms with E-state index in [-0.39, 0.29) is 16.1 Å². The predicted octanol–water partition coefficient (Wildman–Crippen LogP) is 0.782. The number of imidazole rings is 1. The lowest BCUT2D eigenvalue weighted by molar-refractivity contribution is 0.142. The fourth-order valence-corrected chi connectivity index (χ4v) is 5.00. The molecule has 3 heterocycles. The molecule has 2 aromatic heterocycles. The van der Waals surface area contributed by atoms with Crippen molar-refractivity contribution >= 4 is 21.6 Å². The Morgan fingerprint density at radius 1 is 1.35 bits per heavy atom. The maximum Gasteiger partial charge on any atom is 0.248 e. The van der Waals surface area contributed by atoms with Crippen LogP contribution in [0.25, 0.3) is 0 Å². The summed E-state index contributed by atoms with van der Waals surface area (Å²) >= 11 is 6.15. The zero-order valence-corrected chi connectivity index (χ0v) is 14.8. The number of rotatable bonds is 3. The van der Waals surface area contributed by atoms with E-state index in [9.17, 15) is 8.42 Å². The summed E-state index contributed by atoms with van der Waals surface area (Å²) in [5.74, 6) is 0.751. The number of hydrogen-bond acceptors (Lipinski definition) is 5. The SMILES string of the molecule is Cc1nn(C)c(Cl)c1S(=O)(=O)N1CCN(C)C(c2ncc[nH]2)C1. The molecule has 1 unspecified atom stereocenters. The molecule has 0 saturated carbocycles. The summed E-state index contributed by atoms with van der Waals surface area (Å²) in [5.41, 5.74) is 0.408. The highest BCUT2D eigenvalue weighted by Crippen LogP contribution is 2.31. The molecule has 0 aromatic carbocycles. The highest BCUT2D eigenvalue weighted by atomic mass is 35.5. The van der Waals surface area contributed by atoms with Crippen LogP contribution >= 0.6 is 11.6 Å². The van der Waals surface area contributed by atoms with Gasteiger partial charge >= 0.3 is 0 Å². The molecule has 126 valence electrons. The van der Waals surface area contributed by atoms with Crippen molar-refractivity contribution in [2.45, 2.75) is 17.9 Å². The average Bonchev–Trinajstić information content (AvgIpc) is 3.08. The highest BCUT2D eigenvalue weighted by Gasteiger charge is 2.37. The third kappa shape index (κ3) is 2.78. The molecule has 1 N–H and O–H groups in total. The number of nitrogens with zero attached hydrogens (tertiary/aromatic N) is 5. The molecule has 1 atom stereocenters. The van der Waals surface area contributed by atoms with E-state index in [1.165, 1.54) is 8.99 Å². The Balaban J connectivity index is 1.94. The Labute approximate surface area is 140 Å². The second kappa shape index (κ2) is 5.90. The summed E-state index contributed by atoms with van der Waals surface area (Å²) in [4.78, 5) is 9.49. The summed E-state index contributed by atoms with van der Waals surface area (Å²) < 4.78 is 28.8. The molecule has 23 heavy (non-hydrogen) atoms. The minimum Gasteiger partial charge on any atom is -0.347 e. The van der Waals surface area contributed by atoms with Crippen molar-refractivity contribution in [3.05, 3.63) is 29.1 Å². The molecule has 10 heteroatoms. The normalized spacial score (nSPS) is 21.0. The molecule has 0 radical (unpaired) electrons. The molecule has 8 nitrogen and oxygen atoms in total. The minimum atomic E-state index is -3.70. The Hall–Kier alpha value is -1.42. The number of aromatic amines is 1. The Morgan fingerprint density at radius 3 is 2.65 bits per heavy atom. The summed E-state index contributed by atoms with van der Waals surface area (Å²) in [6.07, 6.45) is 3.40. The van der Waals surface area contributed by atoms with Crippen molar-refractivity contribution in [1.29, 1.82) is 0 Å². The number of piperazine rings is 1. The van der Waals surface area contributed by atoms with Gasteiger partial charge in [0, 0.05) is 39.1 Å². The van der Waals surface area contributed by atoms with E-state index in [1.807, 2.05) is 7.05 Å². The van der Waals surface area contributed by atoms with Crippen LogP contribution in [0.4, 0.5) is 0 Å². The summed E-state index contributed by atoms with van der Waals surface area (Å²) in [6.45, 7) is 2.98. The summed E-state index contributed by atoms with van der Waals surface area (Å²) in [5, 5.41) is 4.24. The van der Waals surface area contributed by atoms with Crippen molar-refractivity contribution in [2.24, 2.45) is 7.05 Å². The maximum atomic E-state index is 13.0. The number of aromatic nitrogens is 4. The van der Waals surface area contributed by atoms with Crippen LogP contribution in [0.5, 0.6) is 0 Å². The van der Waals surface area contributed by atoms with Gasteiger partial charge in [-0.05, 0) is 14.0 Å². The molecule has 1 aliphatic rings. The fourth-order valence-electron chi connectivity index (χ4n) is 2.85. The largest absolute Gasteiger partial charge is 0.347 e. The second-order valence-electron chi connectivity index (χ2n) is 5.66. The minimum absolute atomic E-state index is 0.0874. The molecule has 1 saturated heterocycles. The molecule has 1 fully saturated rings.